The van der Waals surface area contributed by atoms with Crippen molar-refractivity contribution >= 4 is 55.3 Å². The zero-order valence-corrected chi connectivity index (χ0v) is 19.3. The third kappa shape index (κ3) is 4.04. The van der Waals surface area contributed by atoms with Crippen LogP contribution in [-0.2, 0) is 4.79 Å². The summed E-state index contributed by atoms with van der Waals surface area (Å²) in [6.07, 6.45) is 3.36. The standard InChI is InChI=1S/C23H21BrN2O3S/c1-13(10-20(27)26-23-25-8-9-30-23)17-11-18-19(15-4-6-16(24)7-5-15)12-29-22(18)14(2)21(17)28-3/h4-7,10-12H,8-9H2,1-3H3,(H,25,26,27)/b13-10+. The molecular weight excluding hydrogens is 464 g/mol. The van der Waals surface area contributed by atoms with Crippen LogP contribution in [0.3, 0.4) is 0 Å². The van der Waals surface area contributed by atoms with Gasteiger partial charge in [-0.2, -0.15) is 0 Å². The predicted octanol–water partition coefficient (Wildman–Crippen LogP) is 5.80. The summed E-state index contributed by atoms with van der Waals surface area (Å²) in [4.78, 5) is 16.7. The molecule has 7 heteroatoms. The molecule has 0 atom stereocenters. The Kier molecular flexibility index (Phi) is 6.01. The molecule has 30 heavy (non-hydrogen) atoms. The molecule has 1 N–H and O–H groups in total. The van der Waals surface area contributed by atoms with Gasteiger partial charge in [-0.25, -0.2) is 0 Å². The summed E-state index contributed by atoms with van der Waals surface area (Å²) in [5.41, 5.74) is 5.40. The fraction of sp³-hybridized carbons (Fsp3) is 0.217. The minimum Gasteiger partial charge on any atom is -0.496 e. The molecule has 0 unspecified atom stereocenters. The number of thioether (sulfide) groups is 1. The van der Waals surface area contributed by atoms with E-state index < -0.39 is 0 Å². The van der Waals surface area contributed by atoms with E-state index in [9.17, 15) is 4.79 Å². The van der Waals surface area contributed by atoms with E-state index >= 15 is 0 Å². The fourth-order valence-corrected chi connectivity index (χ4v) is 4.55. The van der Waals surface area contributed by atoms with Crippen LogP contribution in [0.5, 0.6) is 5.75 Å². The third-order valence-electron chi connectivity index (χ3n) is 4.99. The van der Waals surface area contributed by atoms with Crippen LogP contribution in [0.25, 0.3) is 27.7 Å². The van der Waals surface area contributed by atoms with E-state index in [0.29, 0.717) is 10.9 Å². The van der Waals surface area contributed by atoms with Crippen LogP contribution in [0.15, 0.2) is 56.6 Å². The Morgan fingerprint density at radius 1 is 1.33 bits per heavy atom. The lowest BCUT2D eigenvalue weighted by molar-refractivity contribution is -0.115. The maximum Gasteiger partial charge on any atom is 0.250 e. The van der Waals surface area contributed by atoms with Crippen molar-refractivity contribution in [1.82, 2.24) is 5.32 Å². The molecule has 4 rings (SSSR count). The van der Waals surface area contributed by atoms with Crippen LogP contribution in [0.4, 0.5) is 0 Å². The number of rotatable bonds is 4. The first-order valence-electron chi connectivity index (χ1n) is 9.49. The molecule has 1 aromatic heterocycles. The number of furan rings is 1. The van der Waals surface area contributed by atoms with Crippen molar-refractivity contribution in [1.29, 1.82) is 0 Å². The molecule has 1 amide bonds. The number of aryl methyl sites for hydroxylation is 1. The molecule has 2 aromatic carbocycles. The van der Waals surface area contributed by atoms with Crippen molar-refractivity contribution in [3.05, 3.63) is 58.3 Å². The SMILES string of the molecule is COc1c(/C(C)=C/C(=O)NC2=NCCS2)cc2c(-c3ccc(Br)cc3)coc2c1C. The Labute approximate surface area is 187 Å². The first-order valence-corrected chi connectivity index (χ1v) is 11.3. The summed E-state index contributed by atoms with van der Waals surface area (Å²) in [6, 6.07) is 10.1. The van der Waals surface area contributed by atoms with Crippen LogP contribution in [0.1, 0.15) is 18.1 Å². The normalized spacial score (nSPS) is 14.1. The lowest BCUT2D eigenvalue weighted by atomic mass is 9.96. The number of carbonyl (C=O) groups is 1. The summed E-state index contributed by atoms with van der Waals surface area (Å²) >= 11 is 5.03. The highest BCUT2D eigenvalue weighted by atomic mass is 79.9. The molecular formula is C23H21BrN2O3S. The van der Waals surface area contributed by atoms with Crippen molar-refractivity contribution in [3.8, 4) is 16.9 Å². The zero-order chi connectivity index (χ0) is 21.3. The average Bonchev–Trinajstić information content (AvgIpc) is 3.38. The van der Waals surface area contributed by atoms with Gasteiger partial charge in [0.1, 0.15) is 11.3 Å². The van der Waals surface area contributed by atoms with E-state index in [0.717, 1.165) is 55.6 Å². The lowest BCUT2D eigenvalue weighted by Gasteiger charge is -2.13. The topological polar surface area (TPSA) is 63.8 Å². The van der Waals surface area contributed by atoms with E-state index in [4.69, 9.17) is 9.15 Å². The fourth-order valence-electron chi connectivity index (χ4n) is 3.55. The Hall–Kier alpha value is -2.51. The predicted molar refractivity (Wildman–Crippen MR) is 127 cm³/mol. The number of ether oxygens (including phenoxy) is 1. The summed E-state index contributed by atoms with van der Waals surface area (Å²) in [7, 11) is 1.63. The van der Waals surface area contributed by atoms with E-state index in [2.05, 4.69) is 26.2 Å². The second kappa shape index (κ2) is 8.70. The minimum atomic E-state index is -0.194. The number of carbonyl (C=O) groups excluding carboxylic acids is 1. The Balaban J connectivity index is 1.78. The molecule has 0 spiro atoms. The molecule has 0 fully saturated rings. The average molecular weight is 485 g/mol. The number of aliphatic imine (C=N–C) groups is 1. The van der Waals surface area contributed by atoms with Gasteiger partial charge in [0.15, 0.2) is 5.17 Å². The van der Waals surface area contributed by atoms with Gasteiger partial charge in [-0.15, -0.1) is 0 Å². The molecule has 0 saturated carbocycles. The number of fused-ring (bicyclic) bond motifs is 1. The zero-order valence-electron chi connectivity index (χ0n) is 16.9. The Bertz CT molecular complexity index is 1180. The van der Waals surface area contributed by atoms with Crippen molar-refractivity contribution in [2.24, 2.45) is 4.99 Å². The number of hydrogen-bond acceptors (Lipinski definition) is 5. The van der Waals surface area contributed by atoms with Crippen LogP contribution in [0, 0.1) is 6.92 Å². The molecule has 0 radical (unpaired) electrons. The Morgan fingerprint density at radius 3 is 2.77 bits per heavy atom. The number of nitrogens with one attached hydrogen (secondary N) is 1. The van der Waals surface area contributed by atoms with Crippen LogP contribution in [-0.4, -0.2) is 30.5 Å². The third-order valence-corrected chi connectivity index (χ3v) is 6.41. The molecule has 5 nitrogen and oxygen atoms in total. The second-order valence-electron chi connectivity index (χ2n) is 6.97. The van der Waals surface area contributed by atoms with Gasteiger partial charge in [-0.1, -0.05) is 39.8 Å². The number of methoxy groups -OCH3 is 1. The van der Waals surface area contributed by atoms with Crippen LogP contribution >= 0.6 is 27.7 Å². The summed E-state index contributed by atoms with van der Waals surface area (Å²) < 4.78 is 12.6. The van der Waals surface area contributed by atoms with Crippen LogP contribution in [0.2, 0.25) is 0 Å². The number of hydrogen-bond donors (Lipinski definition) is 1. The first kappa shape index (κ1) is 20.8. The molecule has 3 aromatic rings. The number of benzene rings is 2. The molecule has 0 aliphatic carbocycles. The highest BCUT2D eigenvalue weighted by Crippen LogP contribution is 2.40. The first-order chi connectivity index (χ1) is 14.5. The summed E-state index contributed by atoms with van der Waals surface area (Å²) in [6.45, 7) is 4.62. The van der Waals surface area contributed by atoms with Gasteiger partial charge in [0.05, 0.1) is 19.9 Å². The van der Waals surface area contributed by atoms with Gasteiger partial charge >= 0.3 is 0 Å². The maximum atomic E-state index is 12.5. The highest BCUT2D eigenvalue weighted by Gasteiger charge is 2.19. The van der Waals surface area contributed by atoms with Crippen LogP contribution < -0.4 is 10.1 Å². The number of allylic oxidation sites excluding steroid dienone is 1. The summed E-state index contributed by atoms with van der Waals surface area (Å²) in [5.74, 6) is 1.41. The number of halogens is 1. The molecule has 1 aliphatic heterocycles. The largest absolute Gasteiger partial charge is 0.496 e. The molecule has 2 heterocycles. The van der Waals surface area contributed by atoms with Crippen molar-refractivity contribution in [2.45, 2.75) is 13.8 Å². The van der Waals surface area contributed by atoms with Gasteiger partial charge in [-0.3, -0.25) is 9.79 Å². The quantitative estimate of drug-likeness (QED) is 0.475. The van der Waals surface area contributed by atoms with Gasteiger partial charge in [0, 0.05) is 38.4 Å². The number of amidine groups is 1. The van der Waals surface area contributed by atoms with E-state index in [1.165, 1.54) is 0 Å². The van der Waals surface area contributed by atoms with Gasteiger partial charge in [0.2, 0.25) is 5.91 Å². The highest BCUT2D eigenvalue weighted by molar-refractivity contribution is 9.10. The van der Waals surface area contributed by atoms with E-state index in [1.807, 2.05) is 44.2 Å². The molecule has 0 bridgehead atoms. The Morgan fingerprint density at radius 2 is 2.10 bits per heavy atom. The van der Waals surface area contributed by atoms with Crippen molar-refractivity contribution in [2.75, 3.05) is 19.4 Å². The molecule has 154 valence electrons. The van der Waals surface area contributed by atoms with Crippen molar-refractivity contribution in [3.63, 3.8) is 0 Å². The lowest BCUT2D eigenvalue weighted by Crippen LogP contribution is -2.25. The van der Waals surface area contributed by atoms with Crippen molar-refractivity contribution < 1.29 is 13.9 Å². The number of nitrogens with zero attached hydrogens (tertiary/aromatic N) is 1. The van der Waals surface area contributed by atoms with Gasteiger partial charge in [-0.05, 0) is 43.2 Å². The molecule has 0 saturated heterocycles. The van der Waals surface area contributed by atoms with E-state index in [1.54, 1.807) is 31.2 Å². The minimum absolute atomic E-state index is 0.194. The molecule has 1 aliphatic rings. The second-order valence-corrected chi connectivity index (χ2v) is 8.97. The monoisotopic (exact) mass is 484 g/mol. The van der Waals surface area contributed by atoms with E-state index in [-0.39, 0.29) is 5.91 Å². The van der Waals surface area contributed by atoms with Gasteiger partial charge < -0.3 is 14.5 Å². The smallest absolute Gasteiger partial charge is 0.250 e. The number of amides is 1. The summed E-state index contributed by atoms with van der Waals surface area (Å²) in [5, 5.41) is 4.50. The maximum absolute atomic E-state index is 12.5. The van der Waals surface area contributed by atoms with Gasteiger partial charge in [0.25, 0.3) is 0 Å².